The topological polar surface area (TPSA) is 32.7 Å². The van der Waals surface area contributed by atoms with E-state index in [1.54, 1.807) is 0 Å². The van der Waals surface area contributed by atoms with E-state index in [0.717, 1.165) is 25.4 Å². The first-order valence-electron chi connectivity index (χ1n) is 9.51. The zero-order valence-electron chi connectivity index (χ0n) is 15.1. The molecule has 5 unspecified atom stereocenters. The van der Waals surface area contributed by atoms with Crippen LogP contribution in [0.3, 0.4) is 0 Å². The van der Waals surface area contributed by atoms with Gasteiger partial charge in [0.25, 0.3) is 0 Å². The fraction of sp³-hybridized carbons (Fsp3) is 1.00. The van der Waals surface area contributed by atoms with Crippen molar-refractivity contribution in [3.8, 4) is 0 Å². The number of nitrogens with zero attached hydrogens (tertiary/aromatic N) is 1. The van der Waals surface area contributed by atoms with Gasteiger partial charge < -0.3 is 9.84 Å². The van der Waals surface area contributed by atoms with Crippen molar-refractivity contribution in [1.82, 2.24) is 4.90 Å². The lowest BCUT2D eigenvalue weighted by molar-refractivity contribution is -0.0765. The summed E-state index contributed by atoms with van der Waals surface area (Å²) >= 11 is 0. The van der Waals surface area contributed by atoms with Crippen molar-refractivity contribution in [1.29, 1.82) is 0 Å². The summed E-state index contributed by atoms with van der Waals surface area (Å²) in [6, 6.07) is 0.613. The highest BCUT2D eigenvalue weighted by Gasteiger charge is 2.32. The molecule has 23 heavy (non-hydrogen) atoms. The predicted octanol–water partition coefficient (Wildman–Crippen LogP) is 4.34. The number of hydrogen-bond acceptors (Lipinski definition) is 3. The van der Waals surface area contributed by atoms with Gasteiger partial charge in [-0.15, -0.1) is 0 Å². The molecule has 5 atom stereocenters. The lowest BCUT2D eigenvalue weighted by Crippen LogP contribution is -2.44. The minimum Gasteiger partial charge on any atom is -0.389 e. The Morgan fingerprint density at radius 3 is 2.52 bits per heavy atom. The van der Waals surface area contributed by atoms with Crippen LogP contribution in [-0.2, 0) is 4.74 Å². The van der Waals surface area contributed by atoms with E-state index in [1.165, 1.54) is 32.1 Å². The third-order valence-corrected chi connectivity index (χ3v) is 5.85. The molecule has 1 saturated heterocycles. The normalized spacial score (nSPS) is 34.2. The van der Waals surface area contributed by atoms with Gasteiger partial charge in [0.15, 0.2) is 0 Å². The van der Waals surface area contributed by atoms with Crippen LogP contribution in [0.15, 0.2) is 0 Å². The van der Waals surface area contributed by atoms with E-state index in [9.17, 15) is 5.11 Å². The summed E-state index contributed by atoms with van der Waals surface area (Å²) in [5, 5.41) is 10.4. The van der Waals surface area contributed by atoms with Crippen molar-refractivity contribution in [3.63, 3.8) is 0 Å². The van der Waals surface area contributed by atoms with Gasteiger partial charge in [-0.2, -0.15) is 0 Å². The molecule has 0 aromatic heterocycles. The Balaban J connectivity index is 0.00000264. The average molecular weight is 328 g/mol. The first kappa shape index (κ1) is 20.9. The Bertz CT molecular complexity index is 321. The average Bonchev–Trinajstić information content (AvgIpc) is 2.47. The molecular weight excluding hydrogens is 286 g/mol. The van der Waals surface area contributed by atoms with Crippen LogP contribution in [0.4, 0.5) is 0 Å². The largest absolute Gasteiger partial charge is 0.389 e. The van der Waals surface area contributed by atoms with E-state index in [1.807, 2.05) is 0 Å². The molecule has 0 amide bonds. The number of rotatable bonds is 6. The molecule has 0 radical (unpaired) electrons. The van der Waals surface area contributed by atoms with Gasteiger partial charge in [-0.3, -0.25) is 4.90 Å². The number of aliphatic hydroxyl groups excluding tert-OH is 1. The number of aliphatic hydroxyl groups is 1. The van der Waals surface area contributed by atoms with Crippen molar-refractivity contribution < 1.29 is 9.84 Å². The van der Waals surface area contributed by atoms with Crippen molar-refractivity contribution in [2.45, 2.75) is 91.9 Å². The van der Waals surface area contributed by atoms with Crippen LogP contribution in [0.1, 0.15) is 73.6 Å². The summed E-state index contributed by atoms with van der Waals surface area (Å²) in [5.74, 6) is 2.10. The zero-order chi connectivity index (χ0) is 16.1. The summed E-state index contributed by atoms with van der Waals surface area (Å²) in [6.07, 6.45) is 7.65. The van der Waals surface area contributed by atoms with E-state index in [2.05, 4.69) is 32.6 Å². The highest BCUT2D eigenvalue weighted by molar-refractivity contribution is 4.82. The first-order valence-corrected chi connectivity index (χ1v) is 9.51. The van der Waals surface area contributed by atoms with Crippen molar-refractivity contribution in [2.24, 2.45) is 17.8 Å². The number of hydrogen-bond donors (Lipinski definition) is 1. The number of likely N-dealkylation sites (tertiary alicyclic amines) is 1. The molecule has 3 heteroatoms. The van der Waals surface area contributed by atoms with Gasteiger partial charge in [-0.25, -0.2) is 0 Å². The smallest absolute Gasteiger partial charge is 0.0900 e. The second-order valence-electron chi connectivity index (χ2n) is 8.19. The highest BCUT2D eigenvalue weighted by atomic mass is 16.5. The van der Waals surface area contributed by atoms with Gasteiger partial charge >= 0.3 is 0 Å². The third-order valence-electron chi connectivity index (χ3n) is 5.85. The van der Waals surface area contributed by atoms with E-state index in [4.69, 9.17) is 4.74 Å². The zero-order valence-corrected chi connectivity index (χ0v) is 15.1. The van der Waals surface area contributed by atoms with Crippen LogP contribution in [0.5, 0.6) is 0 Å². The monoisotopic (exact) mass is 327 g/mol. The number of ether oxygens (including phenoxy) is 1. The molecule has 1 aliphatic heterocycles. The quantitative estimate of drug-likeness (QED) is 0.788. The Morgan fingerprint density at radius 2 is 1.87 bits per heavy atom. The molecule has 0 bridgehead atoms. The number of β-amino-alcohol motifs (C(OH)–C–C–N with tert-alkyl or cyclic N) is 1. The summed E-state index contributed by atoms with van der Waals surface area (Å²) in [5.41, 5.74) is 0. The van der Waals surface area contributed by atoms with Crippen LogP contribution < -0.4 is 0 Å². The molecule has 3 nitrogen and oxygen atoms in total. The summed E-state index contributed by atoms with van der Waals surface area (Å²) < 4.78 is 6.19. The Hall–Kier alpha value is -0.120. The minimum absolute atomic E-state index is 0. The Kier molecular flexibility index (Phi) is 9.10. The summed E-state index contributed by atoms with van der Waals surface area (Å²) in [4.78, 5) is 2.43. The predicted molar refractivity (Wildman–Crippen MR) is 98.7 cm³/mol. The maximum atomic E-state index is 10.4. The molecule has 0 spiro atoms. The highest BCUT2D eigenvalue weighted by Crippen LogP contribution is 2.35. The molecular formula is C20H41NO2. The molecule has 0 aromatic carbocycles. The SMILES string of the molecule is C.CC1CCC(C(C)C)C(OCC(O)CN2CCCCC2C)C1. The fourth-order valence-corrected chi connectivity index (χ4v) is 4.29. The fourth-order valence-electron chi connectivity index (χ4n) is 4.29. The van der Waals surface area contributed by atoms with E-state index in [0.29, 0.717) is 30.6 Å². The summed E-state index contributed by atoms with van der Waals surface area (Å²) in [7, 11) is 0. The molecule has 1 heterocycles. The molecule has 2 rings (SSSR count). The minimum atomic E-state index is -0.342. The van der Waals surface area contributed by atoms with E-state index in [-0.39, 0.29) is 13.5 Å². The van der Waals surface area contributed by atoms with Gasteiger partial charge in [0.05, 0.1) is 18.8 Å². The van der Waals surface area contributed by atoms with Crippen LogP contribution >= 0.6 is 0 Å². The summed E-state index contributed by atoms with van der Waals surface area (Å²) in [6.45, 7) is 11.6. The lowest BCUT2D eigenvalue weighted by atomic mass is 9.75. The van der Waals surface area contributed by atoms with Gasteiger partial charge in [-0.05, 0) is 56.9 Å². The standard InChI is InChI=1S/C19H37NO2.CH4/c1-14(2)18-9-8-15(3)11-19(18)22-13-17(21)12-20-10-6-5-7-16(20)4;/h14-19,21H,5-13H2,1-4H3;1H4. The Labute approximate surface area is 144 Å². The van der Waals surface area contributed by atoms with Crippen molar-refractivity contribution >= 4 is 0 Å². The van der Waals surface area contributed by atoms with E-state index >= 15 is 0 Å². The second kappa shape index (κ2) is 10.0. The van der Waals surface area contributed by atoms with Crippen LogP contribution in [0.25, 0.3) is 0 Å². The number of piperidine rings is 1. The van der Waals surface area contributed by atoms with Gasteiger partial charge in [0.1, 0.15) is 0 Å². The van der Waals surface area contributed by atoms with Gasteiger partial charge in [-0.1, -0.05) is 41.0 Å². The van der Waals surface area contributed by atoms with Crippen molar-refractivity contribution in [2.75, 3.05) is 19.7 Å². The molecule has 138 valence electrons. The van der Waals surface area contributed by atoms with E-state index < -0.39 is 0 Å². The lowest BCUT2D eigenvalue weighted by Gasteiger charge is -2.38. The van der Waals surface area contributed by atoms with Crippen LogP contribution in [0.2, 0.25) is 0 Å². The molecule has 1 aliphatic carbocycles. The molecule has 1 saturated carbocycles. The third kappa shape index (κ3) is 6.36. The Morgan fingerprint density at radius 1 is 1.13 bits per heavy atom. The molecule has 2 fully saturated rings. The maximum absolute atomic E-state index is 10.4. The van der Waals surface area contributed by atoms with Gasteiger partial charge in [0.2, 0.25) is 0 Å². The first-order chi connectivity index (χ1) is 10.5. The van der Waals surface area contributed by atoms with Crippen LogP contribution in [-0.4, -0.2) is 48.0 Å². The second-order valence-corrected chi connectivity index (χ2v) is 8.19. The van der Waals surface area contributed by atoms with Crippen LogP contribution in [0, 0.1) is 17.8 Å². The van der Waals surface area contributed by atoms with Crippen molar-refractivity contribution in [3.05, 3.63) is 0 Å². The molecule has 2 aliphatic rings. The molecule has 1 N–H and O–H groups in total. The van der Waals surface area contributed by atoms with Gasteiger partial charge in [0, 0.05) is 12.6 Å². The maximum Gasteiger partial charge on any atom is 0.0900 e. The molecule has 0 aromatic rings.